The van der Waals surface area contributed by atoms with Crippen LogP contribution in [0.2, 0.25) is 5.02 Å². The molecule has 218 valence electrons. The number of aromatic nitrogens is 3. The van der Waals surface area contributed by atoms with E-state index in [-0.39, 0.29) is 51.7 Å². The third-order valence-electron chi connectivity index (χ3n) is 6.53. The van der Waals surface area contributed by atoms with Crippen molar-refractivity contribution in [2.45, 2.75) is 13.8 Å². The lowest BCUT2D eigenvalue weighted by atomic mass is 10.1. The smallest absolute Gasteiger partial charge is 0.231 e. The van der Waals surface area contributed by atoms with Crippen LogP contribution in [0, 0.1) is 0 Å². The standard InChI is InChI=1S/C31H28ClN7O4/c1-3-39(4-2)20-9-14-25(38-37-19-7-5-18(32)6-8-19)26(15-20)33-31-35-29(23-12-10-21(40)16-27(23)42)34-30(36-31)24-13-11-22(41)17-28(24)43/h5-17,40-43H,3-4H2,1-2H3,(H,33,34,35,36). The average molecular weight is 598 g/mol. The Bertz CT molecular complexity index is 1720. The van der Waals surface area contributed by atoms with E-state index < -0.39 is 0 Å². The number of halogens is 1. The lowest BCUT2D eigenvalue weighted by Crippen LogP contribution is -2.21. The first-order chi connectivity index (χ1) is 20.7. The molecular weight excluding hydrogens is 570 g/mol. The van der Waals surface area contributed by atoms with E-state index in [1.807, 2.05) is 18.2 Å². The minimum absolute atomic E-state index is 0.0710. The predicted molar refractivity (Wildman–Crippen MR) is 166 cm³/mol. The zero-order valence-electron chi connectivity index (χ0n) is 23.3. The van der Waals surface area contributed by atoms with Crippen LogP contribution in [0.3, 0.4) is 0 Å². The van der Waals surface area contributed by atoms with Crippen molar-refractivity contribution in [3.05, 3.63) is 83.9 Å². The first-order valence-electron chi connectivity index (χ1n) is 13.4. The highest BCUT2D eigenvalue weighted by molar-refractivity contribution is 6.30. The Morgan fingerprint density at radius 3 is 1.81 bits per heavy atom. The second kappa shape index (κ2) is 12.6. The molecule has 0 atom stereocenters. The molecule has 5 aromatic rings. The first-order valence-corrected chi connectivity index (χ1v) is 13.8. The molecular formula is C31H28ClN7O4. The summed E-state index contributed by atoms with van der Waals surface area (Å²) >= 11 is 6.01. The van der Waals surface area contributed by atoms with E-state index in [4.69, 9.17) is 11.6 Å². The van der Waals surface area contributed by atoms with Gasteiger partial charge in [0.1, 0.15) is 28.7 Å². The van der Waals surface area contributed by atoms with Crippen LogP contribution in [0.25, 0.3) is 22.8 Å². The molecule has 5 N–H and O–H groups in total. The van der Waals surface area contributed by atoms with Crippen LogP contribution in [-0.4, -0.2) is 48.5 Å². The van der Waals surface area contributed by atoms with Gasteiger partial charge in [-0.1, -0.05) is 11.6 Å². The van der Waals surface area contributed by atoms with Crippen molar-refractivity contribution in [3.63, 3.8) is 0 Å². The molecule has 0 aliphatic heterocycles. The molecule has 0 aliphatic rings. The number of nitrogens with one attached hydrogen (secondary N) is 1. The van der Waals surface area contributed by atoms with E-state index in [9.17, 15) is 20.4 Å². The van der Waals surface area contributed by atoms with E-state index >= 15 is 0 Å². The molecule has 0 spiro atoms. The summed E-state index contributed by atoms with van der Waals surface area (Å²) in [6, 6.07) is 20.7. The fourth-order valence-corrected chi connectivity index (χ4v) is 4.45. The summed E-state index contributed by atoms with van der Waals surface area (Å²) in [6.07, 6.45) is 0. The van der Waals surface area contributed by atoms with Gasteiger partial charge in [0, 0.05) is 35.9 Å². The highest BCUT2D eigenvalue weighted by Crippen LogP contribution is 2.37. The lowest BCUT2D eigenvalue weighted by molar-refractivity contribution is 0.451. The number of phenolic OH excluding ortho intramolecular Hbond substituents is 4. The van der Waals surface area contributed by atoms with Gasteiger partial charge in [0.05, 0.1) is 22.5 Å². The minimum Gasteiger partial charge on any atom is -0.508 e. The molecule has 0 aliphatic carbocycles. The molecule has 0 unspecified atom stereocenters. The fourth-order valence-electron chi connectivity index (χ4n) is 4.33. The van der Waals surface area contributed by atoms with Gasteiger partial charge < -0.3 is 30.6 Å². The maximum absolute atomic E-state index is 10.6. The van der Waals surface area contributed by atoms with Gasteiger partial charge in [-0.05, 0) is 80.6 Å². The number of nitrogens with zero attached hydrogens (tertiary/aromatic N) is 6. The summed E-state index contributed by atoms with van der Waals surface area (Å²) in [5.41, 5.74) is 3.02. The molecule has 0 amide bonds. The maximum Gasteiger partial charge on any atom is 0.231 e. The molecule has 1 heterocycles. The number of anilines is 3. The second-order valence-electron chi connectivity index (χ2n) is 9.38. The highest BCUT2D eigenvalue weighted by Gasteiger charge is 2.18. The van der Waals surface area contributed by atoms with E-state index in [1.54, 1.807) is 24.3 Å². The van der Waals surface area contributed by atoms with Gasteiger partial charge in [-0.25, -0.2) is 4.98 Å². The molecule has 11 nitrogen and oxygen atoms in total. The first kappa shape index (κ1) is 29.1. The monoisotopic (exact) mass is 597 g/mol. The number of azo groups is 1. The van der Waals surface area contributed by atoms with Crippen molar-refractivity contribution in [3.8, 4) is 45.8 Å². The summed E-state index contributed by atoms with van der Waals surface area (Å²) in [6.45, 7) is 5.68. The Labute approximate surface area is 252 Å². The normalized spacial score (nSPS) is 11.1. The number of hydrogen-bond acceptors (Lipinski definition) is 11. The van der Waals surface area contributed by atoms with Gasteiger partial charge in [-0.2, -0.15) is 15.1 Å². The van der Waals surface area contributed by atoms with E-state index in [0.717, 1.165) is 18.8 Å². The average Bonchev–Trinajstić information content (AvgIpc) is 2.98. The number of aromatic hydroxyl groups is 4. The Hall–Kier alpha value is -5.42. The predicted octanol–water partition coefficient (Wildman–Crippen LogP) is 7.69. The van der Waals surface area contributed by atoms with Gasteiger partial charge in [0.15, 0.2) is 11.6 Å². The summed E-state index contributed by atoms with van der Waals surface area (Å²) < 4.78 is 0. The zero-order valence-corrected chi connectivity index (χ0v) is 24.0. The third-order valence-corrected chi connectivity index (χ3v) is 6.79. The molecule has 0 saturated carbocycles. The Kier molecular flexibility index (Phi) is 8.54. The number of phenols is 4. The van der Waals surface area contributed by atoms with Crippen molar-refractivity contribution < 1.29 is 20.4 Å². The summed E-state index contributed by atoms with van der Waals surface area (Å²) in [5, 5.41) is 53.4. The third kappa shape index (κ3) is 6.74. The van der Waals surface area contributed by atoms with Gasteiger partial charge in [-0.3, -0.25) is 0 Å². The Balaban J connectivity index is 1.64. The topological polar surface area (TPSA) is 160 Å². The molecule has 12 heteroatoms. The van der Waals surface area contributed by atoms with Crippen LogP contribution in [0.4, 0.5) is 28.7 Å². The summed E-state index contributed by atoms with van der Waals surface area (Å²) in [4.78, 5) is 15.7. The highest BCUT2D eigenvalue weighted by atomic mass is 35.5. The quantitative estimate of drug-likeness (QED) is 0.107. The SMILES string of the molecule is CCN(CC)c1ccc(N=Nc2ccc(Cl)cc2)c(Nc2nc(-c3ccc(O)cc3O)nc(-c3ccc(O)cc3O)n2)c1. The Morgan fingerprint density at radius 1 is 0.698 bits per heavy atom. The minimum atomic E-state index is -0.251. The zero-order chi connectivity index (χ0) is 30.5. The van der Waals surface area contributed by atoms with Crippen LogP contribution in [0.15, 0.2) is 89.1 Å². The Morgan fingerprint density at radius 2 is 1.28 bits per heavy atom. The molecule has 43 heavy (non-hydrogen) atoms. The van der Waals surface area contributed by atoms with E-state index in [2.05, 4.69) is 49.2 Å². The van der Waals surface area contributed by atoms with Gasteiger partial charge in [0.2, 0.25) is 5.95 Å². The van der Waals surface area contributed by atoms with Crippen molar-refractivity contribution in [1.82, 2.24) is 15.0 Å². The number of rotatable bonds is 9. The van der Waals surface area contributed by atoms with Crippen LogP contribution in [0.5, 0.6) is 23.0 Å². The summed E-state index contributed by atoms with van der Waals surface area (Å²) in [5.74, 6) is -0.538. The molecule has 1 aromatic heterocycles. The molecule has 0 bridgehead atoms. The summed E-state index contributed by atoms with van der Waals surface area (Å²) in [7, 11) is 0. The van der Waals surface area contributed by atoms with Crippen LogP contribution in [0.1, 0.15) is 13.8 Å². The second-order valence-corrected chi connectivity index (χ2v) is 9.82. The van der Waals surface area contributed by atoms with Crippen molar-refractivity contribution >= 4 is 40.3 Å². The van der Waals surface area contributed by atoms with Crippen molar-refractivity contribution in [1.29, 1.82) is 0 Å². The van der Waals surface area contributed by atoms with Gasteiger partial charge in [-0.15, -0.1) is 5.11 Å². The van der Waals surface area contributed by atoms with Crippen LogP contribution >= 0.6 is 11.6 Å². The molecule has 5 rings (SSSR count). The number of benzene rings is 4. The fraction of sp³-hybridized carbons (Fsp3) is 0.129. The van der Waals surface area contributed by atoms with Gasteiger partial charge in [0.25, 0.3) is 0 Å². The van der Waals surface area contributed by atoms with E-state index in [1.165, 1.54) is 36.4 Å². The van der Waals surface area contributed by atoms with Crippen LogP contribution in [-0.2, 0) is 0 Å². The molecule has 0 fully saturated rings. The van der Waals surface area contributed by atoms with Crippen molar-refractivity contribution in [2.24, 2.45) is 10.2 Å². The lowest BCUT2D eigenvalue weighted by Gasteiger charge is -2.22. The molecule has 4 aromatic carbocycles. The van der Waals surface area contributed by atoms with Crippen molar-refractivity contribution in [2.75, 3.05) is 23.3 Å². The molecule has 0 radical (unpaired) electrons. The van der Waals surface area contributed by atoms with Crippen LogP contribution < -0.4 is 10.2 Å². The number of hydrogen-bond donors (Lipinski definition) is 5. The maximum atomic E-state index is 10.6. The largest absolute Gasteiger partial charge is 0.508 e. The molecule has 0 saturated heterocycles. The van der Waals surface area contributed by atoms with E-state index in [0.29, 0.717) is 22.1 Å². The van der Waals surface area contributed by atoms with Gasteiger partial charge >= 0.3 is 0 Å².